The number of fused-ring (bicyclic) bond motifs is 1. The maximum Gasteiger partial charge on any atom is 0.332 e. The van der Waals surface area contributed by atoms with E-state index in [1.54, 1.807) is 26.2 Å². The first kappa shape index (κ1) is 21.4. The van der Waals surface area contributed by atoms with Gasteiger partial charge in [0.05, 0.1) is 6.54 Å². The molecule has 0 aliphatic rings. The van der Waals surface area contributed by atoms with Gasteiger partial charge >= 0.3 is 11.7 Å². The zero-order chi connectivity index (χ0) is 23.8. The summed E-state index contributed by atoms with van der Waals surface area (Å²) in [5, 5.41) is 0. The van der Waals surface area contributed by atoms with Gasteiger partial charge in [0.15, 0.2) is 11.2 Å². The number of hydrogen-bond acceptors (Lipinski definition) is 4. The molecule has 170 valence electrons. The molecule has 0 aliphatic heterocycles. The summed E-state index contributed by atoms with van der Waals surface area (Å²) < 4.78 is 23.1. The van der Waals surface area contributed by atoms with E-state index in [1.165, 1.54) is 21.3 Å². The maximum absolute atomic E-state index is 13.2. The van der Waals surface area contributed by atoms with Gasteiger partial charge in [-0.1, -0.05) is 54.6 Å². The topological polar surface area (TPSA) is 71.1 Å². The molecule has 34 heavy (non-hydrogen) atoms. The Labute approximate surface area is 193 Å². The lowest BCUT2D eigenvalue weighted by Crippen LogP contribution is -2.39. The molecule has 0 saturated heterocycles. The predicted octanol–water partition coefficient (Wildman–Crippen LogP) is 4.08. The quantitative estimate of drug-likeness (QED) is 0.400. The van der Waals surface area contributed by atoms with Gasteiger partial charge in [-0.05, 0) is 41.0 Å². The van der Waals surface area contributed by atoms with Crippen LogP contribution in [0.5, 0.6) is 11.8 Å². The van der Waals surface area contributed by atoms with Gasteiger partial charge in [-0.2, -0.15) is 4.98 Å². The average Bonchev–Trinajstić information content (AvgIpc) is 3.18. The highest BCUT2D eigenvalue weighted by atomic mass is 19.1. The molecule has 0 radical (unpaired) electrons. The Morgan fingerprint density at radius 2 is 1.47 bits per heavy atom. The van der Waals surface area contributed by atoms with Crippen molar-refractivity contribution in [1.29, 1.82) is 0 Å². The van der Waals surface area contributed by atoms with Crippen molar-refractivity contribution in [3.63, 3.8) is 0 Å². The number of halogens is 1. The van der Waals surface area contributed by atoms with Gasteiger partial charge in [0.25, 0.3) is 5.56 Å². The monoisotopic (exact) mass is 456 g/mol. The summed E-state index contributed by atoms with van der Waals surface area (Å²) in [6, 6.07) is 23.4. The fourth-order valence-electron chi connectivity index (χ4n) is 3.88. The van der Waals surface area contributed by atoms with Gasteiger partial charge in [0, 0.05) is 14.1 Å². The van der Waals surface area contributed by atoms with Crippen LogP contribution in [0, 0.1) is 5.82 Å². The van der Waals surface area contributed by atoms with Gasteiger partial charge in [0.1, 0.15) is 11.6 Å². The van der Waals surface area contributed by atoms with Crippen molar-refractivity contribution in [1.82, 2.24) is 18.7 Å². The van der Waals surface area contributed by atoms with Gasteiger partial charge in [-0.3, -0.25) is 18.5 Å². The summed E-state index contributed by atoms with van der Waals surface area (Å²) in [6.07, 6.45) is 0. The second-order valence-electron chi connectivity index (χ2n) is 7.98. The highest BCUT2D eigenvalue weighted by Gasteiger charge is 2.20. The number of aryl methyl sites for hydroxylation is 2. The van der Waals surface area contributed by atoms with E-state index < -0.39 is 11.2 Å². The number of hydrogen-bond donors (Lipinski definition) is 0. The molecule has 2 heterocycles. The SMILES string of the molecule is Cn1c(Oc2ccc(-c3ccccc3)cc2)nc2c1c(=O)n(Cc1ccc(F)cc1)c(=O)n2C. The largest absolute Gasteiger partial charge is 0.425 e. The second-order valence-corrected chi connectivity index (χ2v) is 7.98. The Morgan fingerprint density at radius 1 is 0.824 bits per heavy atom. The number of benzene rings is 3. The van der Waals surface area contributed by atoms with E-state index in [0.717, 1.165) is 15.7 Å². The first-order valence-electron chi connectivity index (χ1n) is 10.7. The summed E-state index contributed by atoms with van der Waals surface area (Å²) >= 11 is 0. The van der Waals surface area contributed by atoms with E-state index in [9.17, 15) is 14.0 Å². The molecule has 8 heteroatoms. The van der Waals surface area contributed by atoms with Crippen LogP contribution in [-0.4, -0.2) is 18.7 Å². The molecule has 0 aliphatic carbocycles. The zero-order valence-electron chi connectivity index (χ0n) is 18.6. The van der Waals surface area contributed by atoms with Gasteiger partial charge in [-0.25, -0.2) is 9.18 Å². The van der Waals surface area contributed by atoms with Crippen LogP contribution in [0.1, 0.15) is 5.56 Å². The Bertz CT molecular complexity index is 1600. The minimum absolute atomic E-state index is 0.0179. The maximum atomic E-state index is 13.2. The summed E-state index contributed by atoms with van der Waals surface area (Å²) in [5.41, 5.74) is 2.23. The van der Waals surface area contributed by atoms with Crippen molar-refractivity contribution in [2.45, 2.75) is 6.54 Å². The van der Waals surface area contributed by atoms with Gasteiger partial charge in [-0.15, -0.1) is 0 Å². The fourth-order valence-corrected chi connectivity index (χ4v) is 3.88. The third kappa shape index (κ3) is 3.79. The lowest BCUT2D eigenvalue weighted by molar-refractivity contribution is 0.427. The Morgan fingerprint density at radius 3 is 2.15 bits per heavy atom. The highest BCUT2D eigenvalue weighted by Crippen LogP contribution is 2.26. The third-order valence-electron chi connectivity index (χ3n) is 5.74. The molecule has 5 rings (SSSR count). The van der Waals surface area contributed by atoms with E-state index in [2.05, 4.69) is 4.98 Å². The summed E-state index contributed by atoms with van der Waals surface area (Å²) in [4.78, 5) is 30.5. The molecular formula is C26H21FN4O3. The first-order valence-corrected chi connectivity index (χ1v) is 10.7. The summed E-state index contributed by atoms with van der Waals surface area (Å²) in [5.74, 6) is 0.166. The van der Waals surface area contributed by atoms with Gasteiger partial charge in [0.2, 0.25) is 0 Å². The van der Waals surface area contributed by atoms with Crippen LogP contribution in [0.15, 0.2) is 88.5 Å². The molecule has 0 amide bonds. The molecule has 7 nitrogen and oxygen atoms in total. The number of nitrogens with zero attached hydrogens (tertiary/aromatic N) is 4. The van der Waals surface area contributed by atoms with Crippen LogP contribution >= 0.6 is 0 Å². The van der Waals surface area contributed by atoms with Crippen molar-refractivity contribution >= 4 is 11.2 Å². The average molecular weight is 456 g/mol. The van der Waals surface area contributed by atoms with E-state index in [4.69, 9.17) is 4.74 Å². The van der Waals surface area contributed by atoms with Crippen LogP contribution in [0.25, 0.3) is 22.3 Å². The lowest BCUT2D eigenvalue weighted by Gasteiger charge is -2.09. The van der Waals surface area contributed by atoms with E-state index in [0.29, 0.717) is 11.3 Å². The predicted molar refractivity (Wildman–Crippen MR) is 128 cm³/mol. The smallest absolute Gasteiger partial charge is 0.332 e. The highest BCUT2D eigenvalue weighted by molar-refractivity contribution is 5.72. The molecule has 0 bridgehead atoms. The van der Waals surface area contributed by atoms with Crippen molar-refractivity contribution in [3.8, 4) is 22.9 Å². The van der Waals surface area contributed by atoms with Crippen molar-refractivity contribution in [2.24, 2.45) is 14.1 Å². The normalized spacial score (nSPS) is 11.1. The Hall–Kier alpha value is -4.46. The molecular weight excluding hydrogens is 435 g/mol. The summed E-state index contributed by atoms with van der Waals surface area (Å²) in [6.45, 7) is 0.0179. The first-order chi connectivity index (χ1) is 16.4. The fraction of sp³-hybridized carbons (Fsp3) is 0.115. The minimum atomic E-state index is -0.515. The second kappa shape index (κ2) is 8.47. The molecule has 3 aromatic carbocycles. The molecule has 0 atom stereocenters. The van der Waals surface area contributed by atoms with Crippen LogP contribution in [-0.2, 0) is 20.6 Å². The molecule has 2 aromatic heterocycles. The molecule has 0 N–H and O–H groups in total. The van der Waals surface area contributed by atoms with Crippen molar-refractivity contribution < 1.29 is 9.13 Å². The molecule has 0 saturated carbocycles. The van der Waals surface area contributed by atoms with Crippen LogP contribution in [0.4, 0.5) is 4.39 Å². The van der Waals surface area contributed by atoms with Crippen molar-refractivity contribution in [2.75, 3.05) is 0 Å². The standard InChI is InChI=1S/C26H21FN4O3/c1-29-22-23(30(2)26(33)31(24(22)32)16-17-8-12-20(27)13-9-17)28-25(29)34-21-14-10-19(11-15-21)18-6-4-3-5-7-18/h3-15H,16H2,1-2H3. The van der Waals surface area contributed by atoms with Crippen LogP contribution in [0.3, 0.4) is 0 Å². The number of imidazole rings is 1. The van der Waals surface area contributed by atoms with E-state index in [-0.39, 0.29) is 29.5 Å². The van der Waals surface area contributed by atoms with Crippen LogP contribution in [0.2, 0.25) is 0 Å². The number of aromatic nitrogens is 4. The zero-order valence-corrected chi connectivity index (χ0v) is 18.6. The van der Waals surface area contributed by atoms with E-state index in [1.807, 2.05) is 54.6 Å². The molecule has 0 spiro atoms. The van der Waals surface area contributed by atoms with Crippen molar-refractivity contribution in [3.05, 3.63) is 111 Å². The number of ether oxygens (including phenoxy) is 1. The van der Waals surface area contributed by atoms with Gasteiger partial charge < -0.3 is 4.74 Å². The molecule has 0 fully saturated rings. The third-order valence-corrected chi connectivity index (χ3v) is 5.74. The van der Waals surface area contributed by atoms with Crippen LogP contribution < -0.4 is 16.0 Å². The lowest BCUT2D eigenvalue weighted by atomic mass is 10.1. The molecule has 5 aromatic rings. The van der Waals surface area contributed by atoms with E-state index >= 15 is 0 Å². The minimum Gasteiger partial charge on any atom is -0.425 e. The Kier molecular flexibility index (Phi) is 5.33. The molecule has 0 unspecified atom stereocenters. The Balaban J connectivity index is 1.51. The summed E-state index contributed by atoms with van der Waals surface area (Å²) in [7, 11) is 3.22. The number of rotatable bonds is 5.